The van der Waals surface area contributed by atoms with E-state index < -0.39 is 0 Å². The van der Waals surface area contributed by atoms with Gasteiger partial charge in [-0.2, -0.15) is 0 Å². The van der Waals surface area contributed by atoms with Gasteiger partial charge in [-0.15, -0.1) is 0 Å². The highest BCUT2D eigenvalue weighted by molar-refractivity contribution is 5.39. The summed E-state index contributed by atoms with van der Waals surface area (Å²) in [7, 11) is 0. The van der Waals surface area contributed by atoms with E-state index in [2.05, 4.69) is 38.7 Å². The number of hydrogen-bond donors (Lipinski definition) is 0. The molecule has 1 heterocycles. The van der Waals surface area contributed by atoms with Gasteiger partial charge in [-0.05, 0) is 38.2 Å². The molecule has 0 atom stereocenters. The van der Waals surface area contributed by atoms with Crippen molar-refractivity contribution >= 4 is 0 Å². The van der Waals surface area contributed by atoms with E-state index in [1.807, 2.05) is 0 Å². The van der Waals surface area contributed by atoms with E-state index >= 15 is 0 Å². The van der Waals surface area contributed by atoms with Crippen molar-refractivity contribution in [1.82, 2.24) is 4.90 Å². The van der Waals surface area contributed by atoms with Crippen molar-refractivity contribution < 1.29 is 0 Å². The van der Waals surface area contributed by atoms with E-state index in [4.69, 9.17) is 0 Å². The van der Waals surface area contributed by atoms with Crippen molar-refractivity contribution in [1.29, 1.82) is 0 Å². The highest BCUT2D eigenvalue weighted by atomic mass is 15.2. The van der Waals surface area contributed by atoms with Crippen LogP contribution in [0.15, 0.2) is 22.8 Å². The first kappa shape index (κ1) is 10.9. The zero-order valence-electron chi connectivity index (χ0n) is 10.5. The minimum Gasteiger partial charge on any atom is -0.293 e. The van der Waals surface area contributed by atoms with Gasteiger partial charge in [0.05, 0.1) is 0 Å². The lowest BCUT2D eigenvalue weighted by atomic mass is 9.88. The van der Waals surface area contributed by atoms with Gasteiger partial charge in [-0.25, -0.2) is 0 Å². The zero-order chi connectivity index (χ0) is 11.0. The van der Waals surface area contributed by atoms with Gasteiger partial charge in [0, 0.05) is 19.1 Å². The third-order valence-electron chi connectivity index (χ3n) is 3.77. The van der Waals surface area contributed by atoms with E-state index in [0.717, 1.165) is 5.92 Å². The van der Waals surface area contributed by atoms with Crippen molar-refractivity contribution in [3.63, 3.8) is 0 Å². The Bertz CT molecular complexity index is 307. The molecule has 0 saturated carbocycles. The third-order valence-corrected chi connectivity index (χ3v) is 3.77. The average molecular weight is 205 g/mol. The van der Waals surface area contributed by atoms with Crippen LogP contribution in [0.2, 0.25) is 0 Å². The molecule has 1 aliphatic carbocycles. The van der Waals surface area contributed by atoms with Gasteiger partial charge in [-0.1, -0.05) is 31.1 Å². The lowest BCUT2D eigenvalue weighted by Gasteiger charge is -2.20. The third kappa shape index (κ3) is 2.17. The van der Waals surface area contributed by atoms with Crippen molar-refractivity contribution in [3.05, 3.63) is 22.8 Å². The van der Waals surface area contributed by atoms with E-state index in [1.54, 1.807) is 16.7 Å². The zero-order valence-corrected chi connectivity index (χ0v) is 10.5. The van der Waals surface area contributed by atoms with Gasteiger partial charge < -0.3 is 0 Å². The van der Waals surface area contributed by atoms with Crippen LogP contribution in [0.1, 0.15) is 40.5 Å². The largest absolute Gasteiger partial charge is 0.293 e. The molecule has 2 rings (SSSR count). The fourth-order valence-electron chi connectivity index (χ4n) is 2.53. The normalized spacial score (nSPS) is 22.7. The SMILES string of the molecule is CC(C)C1=CC2=C(CC1)CN(C(C)C)C2. The lowest BCUT2D eigenvalue weighted by molar-refractivity contribution is 0.281. The molecule has 0 aromatic heterocycles. The van der Waals surface area contributed by atoms with Gasteiger partial charge in [0.15, 0.2) is 0 Å². The Morgan fingerprint density at radius 1 is 1.07 bits per heavy atom. The molecular formula is C14H23N. The molecule has 0 aromatic carbocycles. The summed E-state index contributed by atoms with van der Waals surface area (Å²) in [5.41, 5.74) is 4.98. The van der Waals surface area contributed by atoms with Crippen molar-refractivity contribution in [2.45, 2.75) is 46.6 Å². The highest BCUT2D eigenvalue weighted by Gasteiger charge is 2.25. The molecule has 0 aromatic rings. The Balaban J connectivity index is 2.11. The number of hydrogen-bond acceptors (Lipinski definition) is 1. The highest BCUT2D eigenvalue weighted by Crippen LogP contribution is 2.33. The molecular weight excluding hydrogens is 182 g/mol. The minimum absolute atomic E-state index is 0.687. The molecule has 1 nitrogen and oxygen atoms in total. The Labute approximate surface area is 93.9 Å². The maximum atomic E-state index is 2.57. The Hall–Kier alpha value is -0.560. The van der Waals surface area contributed by atoms with Gasteiger partial charge in [0.2, 0.25) is 0 Å². The second-order valence-electron chi connectivity index (χ2n) is 5.50. The first-order valence-corrected chi connectivity index (χ1v) is 6.23. The summed E-state index contributed by atoms with van der Waals surface area (Å²) in [4.78, 5) is 2.57. The van der Waals surface area contributed by atoms with Gasteiger partial charge in [0.1, 0.15) is 0 Å². The topological polar surface area (TPSA) is 3.24 Å². The maximum Gasteiger partial charge on any atom is 0.0239 e. The van der Waals surface area contributed by atoms with Crippen LogP contribution in [-0.4, -0.2) is 24.0 Å². The fraction of sp³-hybridized carbons (Fsp3) is 0.714. The molecule has 15 heavy (non-hydrogen) atoms. The molecule has 0 fully saturated rings. The minimum atomic E-state index is 0.687. The van der Waals surface area contributed by atoms with Crippen molar-refractivity contribution in [2.75, 3.05) is 13.1 Å². The van der Waals surface area contributed by atoms with Crippen LogP contribution in [0, 0.1) is 5.92 Å². The van der Waals surface area contributed by atoms with E-state index in [0.29, 0.717) is 6.04 Å². The smallest absolute Gasteiger partial charge is 0.0239 e. The summed E-state index contributed by atoms with van der Waals surface area (Å²) in [6.07, 6.45) is 5.08. The Kier molecular flexibility index (Phi) is 3.01. The van der Waals surface area contributed by atoms with Crippen LogP contribution in [0.25, 0.3) is 0 Å². The molecule has 0 amide bonds. The van der Waals surface area contributed by atoms with E-state index in [1.165, 1.54) is 25.9 Å². The molecule has 0 bridgehead atoms. The predicted molar refractivity (Wildman–Crippen MR) is 65.9 cm³/mol. The maximum absolute atomic E-state index is 2.57. The van der Waals surface area contributed by atoms with Gasteiger partial charge in [0.25, 0.3) is 0 Å². The Morgan fingerprint density at radius 2 is 1.80 bits per heavy atom. The van der Waals surface area contributed by atoms with Crippen LogP contribution >= 0.6 is 0 Å². The molecule has 0 spiro atoms. The van der Waals surface area contributed by atoms with Gasteiger partial charge in [-0.3, -0.25) is 4.90 Å². The fourth-order valence-corrected chi connectivity index (χ4v) is 2.53. The first-order chi connectivity index (χ1) is 7.08. The quantitative estimate of drug-likeness (QED) is 0.668. The summed E-state index contributed by atoms with van der Waals surface area (Å²) >= 11 is 0. The molecule has 1 heteroatoms. The first-order valence-electron chi connectivity index (χ1n) is 6.23. The number of allylic oxidation sites excluding steroid dienone is 1. The molecule has 0 radical (unpaired) electrons. The summed E-state index contributed by atoms with van der Waals surface area (Å²) in [6, 6.07) is 0.687. The molecule has 0 N–H and O–H groups in total. The van der Waals surface area contributed by atoms with Gasteiger partial charge >= 0.3 is 0 Å². The van der Waals surface area contributed by atoms with Crippen LogP contribution in [0.3, 0.4) is 0 Å². The van der Waals surface area contributed by atoms with Crippen LogP contribution < -0.4 is 0 Å². The van der Waals surface area contributed by atoms with E-state index in [-0.39, 0.29) is 0 Å². The molecule has 0 unspecified atom stereocenters. The standard InChI is InChI=1S/C14H23N/c1-10(2)12-5-6-13-8-15(11(3)4)9-14(13)7-12/h7,10-11H,5-6,8-9H2,1-4H3. The molecule has 0 saturated heterocycles. The summed E-state index contributed by atoms with van der Waals surface area (Å²) < 4.78 is 0. The van der Waals surface area contributed by atoms with E-state index in [9.17, 15) is 0 Å². The van der Waals surface area contributed by atoms with Crippen LogP contribution in [-0.2, 0) is 0 Å². The Morgan fingerprint density at radius 3 is 2.40 bits per heavy atom. The van der Waals surface area contributed by atoms with Crippen molar-refractivity contribution in [3.8, 4) is 0 Å². The summed E-state index contributed by atoms with van der Waals surface area (Å²) in [5.74, 6) is 0.729. The number of rotatable bonds is 2. The lowest BCUT2D eigenvalue weighted by Crippen LogP contribution is -2.28. The second-order valence-corrected chi connectivity index (χ2v) is 5.50. The molecule has 2 aliphatic rings. The van der Waals surface area contributed by atoms with Crippen molar-refractivity contribution in [2.24, 2.45) is 5.92 Å². The summed E-state index contributed by atoms with van der Waals surface area (Å²) in [5, 5.41) is 0. The monoisotopic (exact) mass is 205 g/mol. The average Bonchev–Trinajstić information content (AvgIpc) is 2.59. The second kappa shape index (κ2) is 4.13. The predicted octanol–water partition coefficient (Wildman–Crippen LogP) is 3.38. The summed E-state index contributed by atoms with van der Waals surface area (Å²) in [6.45, 7) is 11.6. The van der Waals surface area contributed by atoms with Crippen LogP contribution in [0.5, 0.6) is 0 Å². The van der Waals surface area contributed by atoms with Crippen LogP contribution in [0.4, 0.5) is 0 Å². The molecule has 84 valence electrons. The molecule has 1 aliphatic heterocycles. The number of nitrogens with zero attached hydrogens (tertiary/aromatic N) is 1.